The third-order valence-corrected chi connectivity index (χ3v) is 4.14. The zero-order chi connectivity index (χ0) is 12.6. The first-order valence-corrected chi connectivity index (χ1v) is 6.38. The summed E-state index contributed by atoms with van der Waals surface area (Å²) >= 11 is 0. The van der Waals surface area contributed by atoms with Crippen LogP contribution in [0.3, 0.4) is 0 Å². The Bertz CT molecular complexity index is 459. The molecule has 0 aliphatic carbocycles. The molecule has 0 saturated carbocycles. The summed E-state index contributed by atoms with van der Waals surface area (Å²) in [4.78, 5) is 28.3. The SMILES string of the molecule is O=C1CC2(CCN(C(=O)c3ccc[nH]3)CC2)CN1. The van der Waals surface area contributed by atoms with E-state index in [1.165, 1.54) is 0 Å². The molecule has 5 nitrogen and oxygen atoms in total. The van der Waals surface area contributed by atoms with Crippen molar-refractivity contribution in [3.63, 3.8) is 0 Å². The summed E-state index contributed by atoms with van der Waals surface area (Å²) < 4.78 is 0. The summed E-state index contributed by atoms with van der Waals surface area (Å²) in [7, 11) is 0. The zero-order valence-electron chi connectivity index (χ0n) is 10.2. The van der Waals surface area contributed by atoms with Gasteiger partial charge in [0.2, 0.25) is 5.91 Å². The quantitative estimate of drug-likeness (QED) is 0.769. The minimum Gasteiger partial charge on any atom is -0.357 e. The Balaban J connectivity index is 1.64. The number of amides is 2. The molecule has 18 heavy (non-hydrogen) atoms. The maximum absolute atomic E-state index is 12.1. The molecule has 0 bridgehead atoms. The Kier molecular flexibility index (Phi) is 2.61. The number of hydrogen-bond acceptors (Lipinski definition) is 2. The Labute approximate surface area is 106 Å². The first-order valence-electron chi connectivity index (χ1n) is 6.38. The van der Waals surface area contributed by atoms with Crippen molar-refractivity contribution < 1.29 is 9.59 Å². The van der Waals surface area contributed by atoms with Crippen LogP contribution in [0.5, 0.6) is 0 Å². The Morgan fingerprint density at radius 1 is 1.33 bits per heavy atom. The fourth-order valence-electron chi connectivity index (χ4n) is 2.92. The highest BCUT2D eigenvalue weighted by molar-refractivity contribution is 5.92. The number of nitrogens with zero attached hydrogens (tertiary/aromatic N) is 1. The Morgan fingerprint density at radius 2 is 2.11 bits per heavy atom. The van der Waals surface area contributed by atoms with Gasteiger partial charge in [0, 0.05) is 32.3 Å². The summed E-state index contributed by atoms with van der Waals surface area (Å²) in [5.74, 6) is 0.214. The number of rotatable bonds is 1. The molecule has 0 unspecified atom stereocenters. The smallest absolute Gasteiger partial charge is 0.270 e. The number of aromatic amines is 1. The van der Waals surface area contributed by atoms with Gasteiger partial charge in [-0.15, -0.1) is 0 Å². The summed E-state index contributed by atoms with van der Waals surface area (Å²) in [6, 6.07) is 3.63. The van der Waals surface area contributed by atoms with Crippen LogP contribution in [-0.4, -0.2) is 41.3 Å². The number of hydrogen-bond donors (Lipinski definition) is 2. The molecule has 5 heteroatoms. The monoisotopic (exact) mass is 247 g/mol. The van der Waals surface area contributed by atoms with E-state index in [-0.39, 0.29) is 17.2 Å². The molecule has 1 aromatic rings. The number of likely N-dealkylation sites (tertiary alicyclic amines) is 1. The minimum absolute atomic E-state index is 0.0622. The summed E-state index contributed by atoms with van der Waals surface area (Å²) in [5, 5.41) is 2.90. The molecule has 0 aromatic carbocycles. The summed E-state index contributed by atoms with van der Waals surface area (Å²) in [5.41, 5.74) is 0.746. The first-order chi connectivity index (χ1) is 8.69. The average Bonchev–Trinajstić information content (AvgIpc) is 3.00. The van der Waals surface area contributed by atoms with Crippen LogP contribution >= 0.6 is 0 Å². The van der Waals surface area contributed by atoms with Crippen LogP contribution in [-0.2, 0) is 4.79 Å². The van der Waals surface area contributed by atoms with E-state index in [0.29, 0.717) is 12.1 Å². The van der Waals surface area contributed by atoms with Crippen LogP contribution in [0.1, 0.15) is 29.8 Å². The lowest BCUT2D eigenvalue weighted by atomic mass is 9.77. The van der Waals surface area contributed by atoms with Gasteiger partial charge in [-0.05, 0) is 30.4 Å². The van der Waals surface area contributed by atoms with Crippen LogP contribution in [0.15, 0.2) is 18.3 Å². The van der Waals surface area contributed by atoms with Gasteiger partial charge in [0.1, 0.15) is 5.69 Å². The highest BCUT2D eigenvalue weighted by Gasteiger charge is 2.41. The molecule has 3 heterocycles. The lowest BCUT2D eigenvalue weighted by Crippen LogP contribution is -2.44. The van der Waals surface area contributed by atoms with Crippen molar-refractivity contribution in [1.82, 2.24) is 15.2 Å². The number of aromatic nitrogens is 1. The van der Waals surface area contributed by atoms with Crippen LogP contribution in [0.4, 0.5) is 0 Å². The highest BCUT2D eigenvalue weighted by Crippen LogP contribution is 2.37. The van der Waals surface area contributed by atoms with Gasteiger partial charge >= 0.3 is 0 Å². The maximum atomic E-state index is 12.1. The van der Waals surface area contributed by atoms with Gasteiger partial charge in [-0.1, -0.05) is 0 Å². The second kappa shape index (κ2) is 4.15. The Morgan fingerprint density at radius 3 is 2.67 bits per heavy atom. The summed E-state index contributed by atoms with van der Waals surface area (Å²) in [6.45, 7) is 2.26. The van der Waals surface area contributed by atoms with Crippen molar-refractivity contribution in [2.45, 2.75) is 19.3 Å². The molecular formula is C13H17N3O2. The second-order valence-corrected chi connectivity index (χ2v) is 5.33. The van der Waals surface area contributed by atoms with E-state index in [9.17, 15) is 9.59 Å². The van der Waals surface area contributed by atoms with Gasteiger partial charge in [-0.3, -0.25) is 9.59 Å². The normalized spacial score (nSPS) is 22.2. The molecule has 1 aromatic heterocycles. The van der Waals surface area contributed by atoms with E-state index in [1.54, 1.807) is 12.3 Å². The van der Waals surface area contributed by atoms with Crippen LogP contribution in [0.25, 0.3) is 0 Å². The lowest BCUT2D eigenvalue weighted by Gasteiger charge is -2.38. The average molecular weight is 247 g/mol. The number of H-pyrrole nitrogens is 1. The molecule has 0 atom stereocenters. The van der Waals surface area contributed by atoms with Crippen molar-refractivity contribution in [2.24, 2.45) is 5.41 Å². The molecule has 96 valence electrons. The number of nitrogens with one attached hydrogen (secondary N) is 2. The molecule has 3 rings (SSSR count). The molecule has 2 amide bonds. The van der Waals surface area contributed by atoms with E-state index in [4.69, 9.17) is 0 Å². The van der Waals surface area contributed by atoms with E-state index in [2.05, 4.69) is 10.3 Å². The number of carbonyl (C=O) groups is 2. The molecule has 2 N–H and O–H groups in total. The van der Waals surface area contributed by atoms with Gasteiger partial charge in [0.05, 0.1) is 0 Å². The van der Waals surface area contributed by atoms with Gasteiger partial charge in [0.25, 0.3) is 5.91 Å². The Hall–Kier alpha value is -1.78. The van der Waals surface area contributed by atoms with Gasteiger partial charge in [0.15, 0.2) is 0 Å². The standard InChI is InChI=1S/C13H17N3O2/c17-11-8-13(9-15-11)3-6-16(7-4-13)12(18)10-2-1-5-14-10/h1-2,5,14H,3-4,6-9H2,(H,15,17). The van der Waals surface area contributed by atoms with Crippen LogP contribution < -0.4 is 5.32 Å². The molecule has 2 saturated heterocycles. The van der Waals surface area contributed by atoms with Crippen LogP contribution in [0.2, 0.25) is 0 Å². The molecule has 2 aliphatic rings. The number of piperidine rings is 1. The minimum atomic E-state index is 0.0622. The lowest BCUT2D eigenvalue weighted by molar-refractivity contribution is -0.119. The van der Waals surface area contributed by atoms with Crippen molar-refractivity contribution in [1.29, 1.82) is 0 Å². The zero-order valence-corrected chi connectivity index (χ0v) is 10.2. The van der Waals surface area contributed by atoms with E-state index in [1.807, 2.05) is 11.0 Å². The maximum Gasteiger partial charge on any atom is 0.270 e. The molecule has 0 radical (unpaired) electrons. The predicted molar refractivity (Wildman–Crippen MR) is 66.0 cm³/mol. The number of carbonyl (C=O) groups excluding carboxylic acids is 2. The van der Waals surface area contributed by atoms with Gasteiger partial charge < -0.3 is 15.2 Å². The first kappa shape index (κ1) is 11.3. The van der Waals surface area contributed by atoms with Crippen LogP contribution in [0, 0.1) is 5.41 Å². The van der Waals surface area contributed by atoms with E-state index < -0.39 is 0 Å². The predicted octanol–water partition coefficient (Wildman–Crippen LogP) is 0.757. The third kappa shape index (κ3) is 1.89. The molecule has 2 aliphatic heterocycles. The molecule has 1 spiro atoms. The summed E-state index contributed by atoms with van der Waals surface area (Å²) in [6.07, 6.45) is 4.21. The largest absolute Gasteiger partial charge is 0.357 e. The molecule has 2 fully saturated rings. The van der Waals surface area contributed by atoms with E-state index in [0.717, 1.165) is 32.5 Å². The van der Waals surface area contributed by atoms with Crippen molar-refractivity contribution in [3.8, 4) is 0 Å². The second-order valence-electron chi connectivity index (χ2n) is 5.33. The van der Waals surface area contributed by atoms with Gasteiger partial charge in [-0.2, -0.15) is 0 Å². The van der Waals surface area contributed by atoms with Crippen molar-refractivity contribution in [3.05, 3.63) is 24.0 Å². The fraction of sp³-hybridized carbons (Fsp3) is 0.538. The van der Waals surface area contributed by atoms with Crippen molar-refractivity contribution in [2.75, 3.05) is 19.6 Å². The topological polar surface area (TPSA) is 65.2 Å². The van der Waals surface area contributed by atoms with Crippen molar-refractivity contribution >= 4 is 11.8 Å². The fourth-order valence-corrected chi connectivity index (χ4v) is 2.92. The highest BCUT2D eigenvalue weighted by atomic mass is 16.2. The molecular weight excluding hydrogens is 230 g/mol. The third-order valence-electron chi connectivity index (χ3n) is 4.14. The van der Waals surface area contributed by atoms with E-state index >= 15 is 0 Å². The van der Waals surface area contributed by atoms with Gasteiger partial charge in [-0.25, -0.2) is 0 Å².